The molecule has 2 aromatic rings. The lowest BCUT2D eigenvalue weighted by atomic mass is 10.1. The molecule has 0 spiro atoms. The summed E-state index contributed by atoms with van der Waals surface area (Å²) in [5, 5.41) is 0. The second-order valence-electron chi connectivity index (χ2n) is 7.04. The molecule has 0 aliphatic carbocycles. The van der Waals surface area contributed by atoms with Gasteiger partial charge in [-0.05, 0) is 35.1 Å². The molecule has 4 nitrogen and oxygen atoms in total. The Morgan fingerprint density at radius 1 is 0.667 bits per heavy atom. The van der Waals surface area contributed by atoms with Crippen LogP contribution in [0.15, 0.2) is 61.7 Å². The van der Waals surface area contributed by atoms with Crippen LogP contribution in [0.25, 0.3) is 12.2 Å². The van der Waals surface area contributed by atoms with E-state index in [1.54, 1.807) is 12.2 Å². The average Bonchev–Trinajstić information content (AvgIpc) is 2.77. The molecule has 158 valence electrons. The number of rotatable bonds is 13. The monoisotopic (exact) mass is 406 g/mol. The summed E-state index contributed by atoms with van der Waals surface area (Å²) >= 11 is 0. The van der Waals surface area contributed by atoms with Gasteiger partial charge in [-0.15, -0.1) is 0 Å². The molecule has 30 heavy (non-hydrogen) atoms. The normalized spacial score (nSPS) is 10.3. The van der Waals surface area contributed by atoms with E-state index in [1.807, 2.05) is 48.5 Å². The van der Waals surface area contributed by atoms with Gasteiger partial charge in [-0.2, -0.15) is 0 Å². The lowest BCUT2D eigenvalue weighted by molar-refractivity contribution is -0.145. The molecule has 0 aliphatic rings. The van der Waals surface area contributed by atoms with Crippen LogP contribution in [0.2, 0.25) is 0 Å². The third-order valence-corrected chi connectivity index (χ3v) is 4.75. The van der Waals surface area contributed by atoms with Gasteiger partial charge in [-0.3, -0.25) is 9.59 Å². The lowest BCUT2D eigenvalue weighted by Gasteiger charge is -2.07. The fraction of sp³-hybridized carbons (Fsp3) is 0.308. The second-order valence-corrected chi connectivity index (χ2v) is 7.04. The largest absolute Gasteiger partial charge is 0.465 e. The van der Waals surface area contributed by atoms with Crippen molar-refractivity contribution in [3.63, 3.8) is 0 Å². The van der Waals surface area contributed by atoms with E-state index in [1.165, 1.54) is 0 Å². The Labute approximate surface area is 179 Å². The van der Waals surface area contributed by atoms with Gasteiger partial charge in [0.05, 0.1) is 13.2 Å². The zero-order chi connectivity index (χ0) is 21.6. The number of hydrogen-bond acceptors (Lipinski definition) is 4. The summed E-state index contributed by atoms with van der Waals surface area (Å²) < 4.78 is 10.5. The SMILES string of the molecule is C=Cc1ccc(CCOC(=O)CCCCC(=O)OCCc2ccc(C=C)cc2)cc1. The summed E-state index contributed by atoms with van der Waals surface area (Å²) in [4.78, 5) is 23.6. The first-order valence-electron chi connectivity index (χ1n) is 10.3. The number of unbranched alkanes of at least 4 members (excludes halogenated alkanes) is 1. The molecule has 0 saturated heterocycles. The van der Waals surface area contributed by atoms with Crippen LogP contribution < -0.4 is 0 Å². The van der Waals surface area contributed by atoms with E-state index < -0.39 is 0 Å². The highest BCUT2D eigenvalue weighted by Crippen LogP contribution is 2.09. The molecule has 0 atom stereocenters. The predicted octanol–water partition coefficient (Wildman–Crippen LogP) is 5.40. The van der Waals surface area contributed by atoms with Crippen LogP contribution in [0.4, 0.5) is 0 Å². The smallest absolute Gasteiger partial charge is 0.305 e. The molecule has 2 aromatic carbocycles. The van der Waals surface area contributed by atoms with Crippen LogP contribution in [-0.4, -0.2) is 25.2 Å². The van der Waals surface area contributed by atoms with Gasteiger partial charge >= 0.3 is 11.9 Å². The third-order valence-electron chi connectivity index (χ3n) is 4.75. The van der Waals surface area contributed by atoms with Crippen molar-refractivity contribution < 1.29 is 19.1 Å². The summed E-state index contributed by atoms with van der Waals surface area (Å²) in [7, 11) is 0. The van der Waals surface area contributed by atoms with Crippen molar-refractivity contribution in [2.24, 2.45) is 0 Å². The Bertz CT molecular complexity index is 748. The quantitative estimate of drug-likeness (QED) is 0.330. The van der Waals surface area contributed by atoms with Gasteiger partial charge < -0.3 is 9.47 Å². The topological polar surface area (TPSA) is 52.6 Å². The molecule has 0 aliphatic heterocycles. The first-order chi connectivity index (χ1) is 14.6. The lowest BCUT2D eigenvalue weighted by Crippen LogP contribution is -2.09. The molecule has 4 heteroatoms. The van der Waals surface area contributed by atoms with Crippen LogP contribution in [0, 0.1) is 0 Å². The predicted molar refractivity (Wildman–Crippen MR) is 121 cm³/mol. The second kappa shape index (κ2) is 13.2. The van der Waals surface area contributed by atoms with Gasteiger partial charge in [0.15, 0.2) is 0 Å². The summed E-state index contributed by atoms with van der Waals surface area (Å²) in [6, 6.07) is 16.0. The van der Waals surface area contributed by atoms with E-state index in [9.17, 15) is 9.59 Å². The maximum Gasteiger partial charge on any atom is 0.305 e. The van der Waals surface area contributed by atoms with Crippen molar-refractivity contribution in [2.75, 3.05) is 13.2 Å². The zero-order valence-corrected chi connectivity index (χ0v) is 17.5. The minimum absolute atomic E-state index is 0.228. The maximum atomic E-state index is 11.8. The number of benzene rings is 2. The zero-order valence-electron chi connectivity index (χ0n) is 17.5. The molecule has 0 N–H and O–H groups in total. The Hall–Kier alpha value is -3.14. The van der Waals surface area contributed by atoms with Gasteiger partial charge in [-0.25, -0.2) is 0 Å². The van der Waals surface area contributed by atoms with Gasteiger partial charge in [-0.1, -0.05) is 73.8 Å². The van der Waals surface area contributed by atoms with E-state index in [0.29, 0.717) is 51.7 Å². The summed E-state index contributed by atoms with van der Waals surface area (Å²) in [5.74, 6) is -0.455. The standard InChI is InChI=1S/C26H30O4/c1-3-21-9-13-23(14-10-21)17-19-29-25(27)7-5-6-8-26(28)30-20-18-24-15-11-22(4-2)12-16-24/h3-4,9-16H,1-2,5-8,17-20H2. The van der Waals surface area contributed by atoms with E-state index in [-0.39, 0.29) is 11.9 Å². The van der Waals surface area contributed by atoms with Crippen LogP contribution in [0.3, 0.4) is 0 Å². The van der Waals surface area contributed by atoms with Crippen LogP contribution in [-0.2, 0) is 31.9 Å². The molecular weight excluding hydrogens is 376 g/mol. The first kappa shape index (κ1) is 23.1. The van der Waals surface area contributed by atoms with Crippen molar-refractivity contribution in [3.05, 3.63) is 83.9 Å². The number of ether oxygens (including phenoxy) is 2. The molecule has 0 unspecified atom stereocenters. The molecule has 0 aromatic heterocycles. The molecule has 0 amide bonds. The minimum Gasteiger partial charge on any atom is -0.465 e. The molecule has 0 saturated carbocycles. The Balaban J connectivity index is 1.50. The van der Waals surface area contributed by atoms with Crippen LogP contribution >= 0.6 is 0 Å². The van der Waals surface area contributed by atoms with E-state index in [4.69, 9.17) is 9.47 Å². The Morgan fingerprint density at radius 2 is 1.03 bits per heavy atom. The van der Waals surface area contributed by atoms with Crippen LogP contribution in [0.5, 0.6) is 0 Å². The summed E-state index contributed by atoms with van der Waals surface area (Å²) in [5.41, 5.74) is 4.37. The molecule has 0 radical (unpaired) electrons. The van der Waals surface area contributed by atoms with E-state index in [0.717, 1.165) is 22.3 Å². The molecule has 0 fully saturated rings. The van der Waals surface area contributed by atoms with Crippen molar-refractivity contribution in [1.29, 1.82) is 0 Å². The highest BCUT2D eigenvalue weighted by atomic mass is 16.5. The molecular formula is C26H30O4. The van der Waals surface area contributed by atoms with Gasteiger partial charge in [0, 0.05) is 25.7 Å². The number of esters is 2. The third kappa shape index (κ3) is 8.91. The number of hydrogen-bond donors (Lipinski definition) is 0. The van der Waals surface area contributed by atoms with E-state index >= 15 is 0 Å². The van der Waals surface area contributed by atoms with E-state index in [2.05, 4.69) is 13.2 Å². The van der Waals surface area contributed by atoms with Crippen LogP contribution in [0.1, 0.15) is 47.9 Å². The summed E-state index contributed by atoms with van der Waals surface area (Å²) in [6.45, 7) is 8.17. The van der Waals surface area contributed by atoms with Crippen molar-refractivity contribution in [2.45, 2.75) is 38.5 Å². The molecule has 0 heterocycles. The Morgan fingerprint density at radius 3 is 1.37 bits per heavy atom. The van der Waals surface area contributed by atoms with Crippen molar-refractivity contribution >= 4 is 24.1 Å². The first-order valence-corrected chi connectivity index (χ1v) is 10.3. The molecule has 0 bridgehead atoms. The Kier molecular flexibility index (Phi) is 10.1. The highest BCUT2D eigenvalue weighted by Gasteiger charge is 2.07. The van der Waals surface area contributed by atoms with Gasteiger partial charge in [0.2, 0.25) is 0 Å². The maximum absolute atomic E-state index is 11.8. The fourth-order valence-corrected chi connectivity index (χ4v) is 2.89. The van der Waals surface area contributed by atoms with Gasteiger partial charge in [0.25, 0.3) is 0 Å². The number of carbonyl (C=O) groups excluding carboxylic acids is 2. The van der Waals surface area contributed by atoms with Crippen molar-refractivity contribution in [3.8, 4) is 0 Å². The fourth-order valence-electron chi connectivity index (χ4n) is 2.89. The molecule has 2 rings (SSSR count). The van der Waals surface area contributed by atoms with Crippen molar-refractivity contribution in [1.82, 2.24) is 0 Å². The van der Waals surface area contributed by atoms with Gasteiger partial charge in [0.1, 0.15) is 0 Å². The average molecular weight is 407 g/mol. The highest BCUT2D eigenvalue weighted by molar-refractivity contribution is 5.70. The summed E-state index contributed by atoms with van der Waals surface area (Å²) in [6.07, 6.45) is 6.83. The minimum atomic E-state index is -0.228. The number of carbonyl (C=O) groups is 2.